The van der Waals surface area contributed by atoms with Gasteiger partial charge in [-0.3, -0.25) is 4.79 Å². The van der Waals surface area contributed by atoms with Gasteiger partial charge in [-0.1, -0.05) is 0 Å². The van der Waals surface area contributed by atoms with Crippen LogP contribution in [0.4, 0.5) is 10.1 Å². The summed E-state index contributed by atoms with van der Waals surface area (Å²) >= 11 is 0. The summed E-state index contributed by atoms with van der Waals surface area (Å²) in [7, 11) is 0. The minimum Gasteiger partial charge on any atom is -0.397 e. The van der Waals surface area contributed by atoms with Crippen molar-refractivity contribution in [2.75, 3.05) is 5.73 Å². The number of carbonyl (C=O) groups is 1. The lowest BCUT2D eigenvalue weighted by atomic mass is 10.1. The highest BCUT2D eigenvalue weighted by Gasteiger charge is 2.26. The van der Waals surface area contributed by atoms with Crippen molar-refractivity contribution in [1.29, 1.82) is 0 Å². The van der Waals surface area contributed by atoms with Crippen molar-refractivity contribution >= 4 is 11.6 Å². The molecule has 7 heteroatoms. The Morgan fingerprint density at radius 1 is 1.47 bits per heavy atom. The summed E-state index contributed by atoms with van der Waals surface area (Å²) in [5, 5.41) is 18.5. The minimum atomic E-state index is -1.87. The lowest BCUT2D eigenvalue weighted by molar-refractivity contribution is -0.132. The van der Waals surface area contributed by atoms with E-state index in [0.29, 0.717) is 0 Å². The van der Waals surface area contributed by atoms with E-state index in [4.69, 9.17) is 16.6 Å². The highest BCUT2D eigenvalue weighted by Crippen LogP contribution is 2.20. The van der Waals surface area contributed by atoms with Crippen molar-refractivity contribution in [2.24, 2.45) is 5.73 Å². The standard InChI is InChI=1S/C8H10FN3O3/c9-4-2-1-3(10)5(12-4)6(13)7(14)8(11)15/h1-2,6-7,13-14H,10H2,(H2,11,15). The number of hydrogen-bond donors (Lipinski definition) is 4. The average molecular weight is 215 g/mol. The van der Waals surface area contributed by atoms with E-state index in [1.165, 1.54) is 0 Å². The lowest BCUT2D eigenvalue weighted by Crippen LogP contribution is -2.34. The first-order chi connectivity index (χ1) is 6.93. The SMILES string of the molecule is NC(=O)C(O)C(O)c1nc(F)ccc1N. The number of nitrogen functional groups attached to an aromatic ring is 1. The molecule has 1 rings (SSSR count). The highest BCUT2D eigenvalue weighted by molar-refractivity contribution is 5.79. The van der Waals surface area contributed by atoms with Crippen molar-refractivity contribution in [3.8, 4) is 0 Å². The second-order valence-corrected chi connectivity index (χ2v) is 2.90. The van der Waals surface area contributed by atoms with E-state index < -0.39 is 24.1 Å². The van der Waals surface area contributed by atoms with Gasteiger partial charge in [0, 0.05) is 0 Å². The fourth-order valence-corrected chi connectivity index (χ4v) is 1.00. The molecule has 2 atom stereocenters. The fourth-order valence-electron chi connectivity index (χ4n) is 1.00. The molecule has 0 saturated heterocycles. The Kier molecular flexibility index (Phi) is 3.17. The average Bonchev–Trinajstić information content (AvgIpc) is 2.19. The van der Waals surface area contributed by atoms with Crippen molar-refractivity contribution < 1.29 is 19.4 Å². The largest absolute Gasteiger partial charge is 0.397 e. The Bertz CT molecular complexity index is 385. The summed E-state index contributed by atoms with van der Waals surface area (Å²) in [6.45, 7) is 0. The van der Waals surface area contributed by atoms with E-state index in [2.05, 4.69) is 4.98 Å². The Morgan fingerprint density at radius 2 is 2.07 bits per heavy atom. The Hall–Kier alpha value is -1.73. The molecular formula is C8H10FN3O3. The van der Waals surface area contributed by atoms with Crippen molar-refractivity contribution in [1.82, 2.24) is 4.98 Å². The van der Waals surface area contributed by atoms with Crippen molar-refractivity contribution in [2.45, 2.75) is 12.2 Å². The van der Waals surface area contributed by atoms with Gasteiger partial charge >= 0.3 is 0 Å². The summed E-state index contributed by atoms with van der Waals surface area (Å²) in [6.07, 6.45) is -3.61. The number of aromatic nitrogens is 1. The van der Waals surface area contributed by atoms with Crippen LogP contribution in [0.2, 0.25) is 0 Å². The van der Waals surface area contributed by atoms with Gasteiger partial charge < -0.3 is 21.7 Å². The van der Waals surface area contributed by atoms with Crippen molar-refractivity contribution in [3.05, 3.63) is 23.8 Å². The lowest BCUT2D eigenvalue weighted by Gasteiger charge is -2.15. The quantitative estimate of drug-likeness (QED) is 0.466. The Labute approximate surface area is 84.3 Å². The molecule has 0 radical (unpaired) electrons. The molecule has 0 aliphatic heterocycles. The normalized spacial score (nSPS) is 14.6. The predicted octanol–water partition coefficient (Wildman–Crippen LogP) is -1.32. The molecule has 1 amide bonds. The first-order valence-corrected chi connectivity index (χ1v) is 4.01. The van der Waals surface area contributed by atoms with Gasteiger partial charge in [0.1, 0.15) is 6.10 Å². The monoisotopic (exact) mass is 215 g/mol. The summed E-state index contributed by atoms with van der Waals surface area (Å²) in [6, 6.07) is 2.15. The third kappa shape index (κ3) is 2.39. The van der Waals surface area contributed by atoms with E-state index in [1.807, 2.05) is 0 Å². The van der Waals surface area contributed by atoms with Gasteiger partial charge in [0.2, 0.25) is 11.9 Å². The molecule has 0 fully saturated rings. The zero-order chi connectivity index (χ0) is 11.6. The third-order valence-electron chi connectivity index (χ3n) is 1.79. The van der Waals surface area contributed by atoms with E-state index >= 15 is 0 Å². The summed E-state index contributed by atoms with van der Waals surface area (Å²) in [5.41, 5.74) is 9.77. The smallest absolute Gasteiger partial charge is 0.249 e. The van der Waals surface area contributed by atoms with Crippen molar-refractivity contribution in [3.63, 3.8) is 0 Å². The molecule has 15 heavy (non-hydrogen) atoms. The van der Waals surface area contributed by atoms with Gasteiger partial charge in [0.05, 0.1) is 11.4 Å². The van der Waals surface area contributed by atoms with Crippen LogP contribution in [-0.2, 0) is 4.79 Å². The number of amides is 1. The van der Waals surface area contributed by atoms with Gasteiger partial charge in [-0.25, -0.2) is 4.98 Å². The van der Waals surface area contributed by atoms with Crippen LogP contribution < -0.4 is 11.5 Å². The predicted molar refractivity (Wildman–Crippen MR) is 48.8 cm³/mol. The van der Waals surface area contributed by atoms with Crippen LogP contribution in [0.25, 0.3) is 0 Å². The number of pyridine rings is 1. The summed E-state index contributed by atoms with van der Waals surface area (Å²) in [4.78, 5) is 13.8. The van der Waals surface area contributed by atoms with Gasteiger partial charge in [-0.2, -0.15) is 4.39 Å². The van der Waals surface area contributed by atoms with E-state index in [1.54, 1.807) is 0 Å². The number of anilines is 1. The number of carbonyl (C=O) groups excluding carboxylic acids is 1. The molecule has 1 aromatic rings. The molecule has 1 heterocycles. The minimum absolute atomic E-state index is 0.0378. The van der Waals surface area contributed by atoms with Gasteiger partial charge in [-0.05, 0) is 12.1 Å². The Morgan fingerprint density at radius 3 is 2.60 bits per heavy atom. The van der Waals surface area contributed by atoms with Crippen LogP contribution in [0.3, 0.4) is 0 Å². The van der Waals surface area contributed by atoms with Gasteiger partial charge in [0.25, 0.3) is 0 Å². The number of nitrogens with zero attached hydrogens (tertiary/aromatic N) is 1. The van der Waals surface area contributed by atoms with Gasteiger partial charge in [-0.15, -0.1) is 0 Å². The Balaban J connectivity index is 3.04. The summed E-state index contributed by atoms with van der Waals surface area (Å²) < 4.78 is 12.7. The molecular weight excluding hydrogens is 205 g/mol. The number of nitrogens with two attached hydrogens (primary N) is 2. The maximum Gasteiger partial charge on any atom is 0.249 e. The van der Waals surface area contributed by atoms with Crippen LogP contribution in [-0.4, -0.2) is 27.2 Å². The van der Waals surface area contributed by atoms with E-state index in [-0.39, 0.29) is 11.4 Å². The first kappa shape index (κ1) is 11.3. The highest BCUT2D eigenvalue weighted by atomic mass is 19.1. The molecule has 6 N–H and O–H groups in total. The first-order valence-electron chi connectivity index (χ1n) is 4.01. The van der Waals surface area contributed by atoms with Crippen LogP contribution in [0.15, 0.2) is 12.1 Å². The molecule has 0 spiro atoms. The van der Waals surface area contributed by atoms with Crippen LogP contribution in [0.5, 0.6) is 0 Å². The molecule has 82 valence electrons. The maximum absolute atomic E-state index is 12.7. The molecule has 0 aliphatic carbocycles. The molecule has 0 aliphatic rings. The number of halogens is 1. The van der Waals surface area contributed by atoms with E-state index in [9.17, 15) is 14.3 Å². The zero-order valence-corrected chi connectivity index (χ0v) is 7.59. The second-order valence-electron chi connectivity index (χ2n) is 2.90. The molecule has 0 aromatic carbocycles. The fraction of sp³-hybridized carbons (Fsp3) is 0.250. The molecule has 0 bridgehead atoms. The molecule has 1 aromatic heterocycles. The molecule has 6 nitrogen and oxygen atoms in total. The number of aliphatic hydroxyl groups excluding tert-OH is 2. The topological polar surface area (TPSA) is 122 Å². The zero-order valence-electron chi connectivity index (χ0n) is 7.59. The number of primary amides is 1. The van der Waals surface area contributed by atoms with Gasteiger partial charge in [0.15, 0.2) is 6.10 Å². The van der Waals surface area contributed by atoms with E-state index in [0.717, 1.165) is 12.1 Å². The van der Waals surface area contributed by atoms with Crippen LogP contribution in [0, 0.1) is 5.95 Å². The number of aliphatic hydroxyl groups is 2. The summed E-state index contributed by atoms with van der Waals surface area (Å²) in [5.74, 6) is -2.03. The second kappa shape index (κ2) is 4.20. The van der Waals surface area contributed by atoms with Crippen LogP contribution >= 0.6 is 0 Å². The number of rotatable bonds is 3. The number of hydrogen-bond acceptors (Lipinski definition) is 5. The molecule has 2 unspecified atom stereocenters. The van der Waals surface area contributed by atoms with Crippen LogP contribution in [0.1, 0.15) is 11.8 Å². The third-order valence-corrected chi connectivity index (χ3v) is 1.79. The molecule has 0 saturated carbocycles. The maximum atomic E-state index is 12.7.